The van der Waals surface area contributed by atoms with Gasteiger partial charge in [0.2, 0.25) is 0 Å². The second-order valence-electron chi connectivity index (χ2n) is 4.57. The number of fused-ring (bicyclic) bond motifs is 1. The van der Waals surface area contributed by atoms with E-state index in [-0.39, 0.29) is 0 Å². The van der Waals surface area contributed by atoms with E-state index in [9.17, 15) is 0 Å². The normalized spacial score (nSPS) is 10.0. The van der Waals surface area contributed by atoms with Gasteiger partial charge in [0.1, 0.15) is 22.7 Å². The Bertz CT molecular complexity index is 815. The molecule has 110 valence electrons. The van der Waals surface area contributed by atoms with Crippen molar-refractivity contribution in [2.24, 2.45) is 0 Å². The van der Waals surface area contributed by atoms with Gasteiger partial charge >= 0.3 is 0 Å². The topological polar surface area (TPSA) is 47.0 Å². The molecule has 0 aliphatic carbocycles. The fourth-order valence-electron chi connectivity index (χ4n) is 2.01. The molecule has 1 N–H and O–H groups in total. The molecular weight excluding hydrogens is 294 g/mol. The molecule has 0 radical (unpaired) electrons. The third-order valence-electron chi connectivity index (χ3n) is 3.13. The molecule has 4 nitrogen and oxygen atoms in total. The number of thiophene rings is 1. The maximum Gasteiger partial charge on any atom is 0.138 e. The Morgan fingerprint density at radius 1 is 1.18 bits per heavy atom. The van der Waals surface area contributed by atoms with Crippen LogP contribution in [-0.2, 0) is 0 Å². The molecule has 0 fully saturated rings. The zero-order valence-corrected chi connectivity index (χ0v) is 13.0. The molecule has 5 heteroatoms. The minimum Gasteiger partial charge on any atom is -0.497 e. The van der Waals surface area contributed by atoms with Crippen LogP contribution in [-0.4, -0.2) is 23.6 Å². The number of nitrogens with one attached hydrogen (secondary N) is 1. The first-order valence-electron chi connectivity index (χ1n) is 6.92. The molecule has 2 aromatic heterocycles. The van der Waals surface area contributed by atoms with Crippen LogP contribution in [0.2, 0.25) is 0 Å². The van der Waals surface area contributed by atoms with Crippen LogP contribution in [0, 0.1) is 11.8 Å². The summed E-state index contributed by atoms with van der Waals surface area (Å²) in [4.78, 5) is 9.51. The van der Waals surface area contributed by atoms with Crippen LogP contribution in [0.3, 0.4) is 0 Å². The minimum atomic E-state index is 0.752. The van der Waals surface area contributed by atoms with E-state index in [0.29, 0.717) is 0 Å². The van der Waals surface area contributed by atoms with E-state index in [2.05, 4.69) is 27.1 Å². The van der Waals surface area contributed by atoms with Crippen molar-refractivity contribution in [2.45, 2.75) is 6.42 Å². The lowest BCUT2D eigenvalue weighted by Gasteiger charge is -2.03. The number of aromatic nitrogens is 2. The molecule has 3 aromatic rings. The van der Waals surface area contributed by atoms with E-state index >= 15 is 0 Å². The lowest BCUT2D eigenvalue weighted by molar-refractivity contribution is 0.415. The maximum atomic E-state index is 5.12. The Hall–Kier alpha value is -2.58. The summed E-state index contributed by atoms with van der Waals surface area (Å²) in [6, 6.07) is 9.77. The quantitative estimate of drug-likeness (QED) is 0.591. The average Bonchev–Trinajstić information content (AvgIpc) is 3.04. The van der Waals surface area contributed by atoms with Crippen LogP contribution in [0.25, 0.3) is 10.2 Å². The summed E-state index contributed by atoms with van der Waals surface area (Å²) in [6.45, 7) is 0.755. The van der Waals surface area contributed by atoms with Gasteiger partial charge in [-0.15, -0.1) is 11.3 Å². The van der Waals surface area contributed by atoms with E-state index in [0.717, 1.165) is 40.3 Å². The number of hydrogen-bond acceptors (Lipinski definition) is 5. The molecular formula is C17H15N3OS. The highest BCUT2D eigenvalue weighted by molar-refractivity contribution is 7.16. The summed E-state index contributed by atoms with van der Waals surface area (Å²) in [5.74, 6) is 8.01. The molecule has 0 saturated heterocycles. The molecule has 0 spiro atoms. The predicted octanol–water partition coefficient (Wildman–Crippen LogP) is 3.55. The molecule has 0 saturated carbocycles. The summed E-state index contributed by atoms with van der Waals surface area (Å²) in [5.41, 5.74) is 0.989. The van der Waals surface area contributed by atoms with Gasteiger partial charge in [0.25, 0.3) is 0 Å². The van der Waals surface area contributed by atoms with Gasteiger partial charge in [0, 0.05) is 18.5 Å². The summed E-state index contributed by atoms with van der Waals surface area (Å²) in [6.07, 6.45) is 2.34. The Kier molecular flexibility index (Phi) is 4.52. The molecule has 0 bridgehead atoms. The zero-order chi connectivity index (χ0) is 15.2. The molecule has 1 aromatic carbocycles. The second-order valence-corrected chi connectivity index (χ2v) is 5.46. The molecule has 3 rings (SSSR count). The van der Waals surface area contributed by atoms with Crippen molar-refractivity contribution in [2.75, 3.05) is 19.0 Å². The van der Waals surface area contributed by atoms with E-state index in [1.807, 2.05) is 35.7 Å². The summed E-state index contributed by atoms with van der Waals surface area (Å²) >= 11 is 1.62. The second kappa shape index (κ2) is 6.92. The minimum absolute atomic E-state index is 0.752. The third-order valence-corrected chi connectivity index (χ3v) is 3.95. The van der Waals surface area contributed by atoms with Gasteiger partial charge < -0.3 is 10.1 Å². The van der Waals surface area contributed by atoms with E-state index in [1.165, 1.54) is 0 Å². The van der Waals surface area contributed by atoms with Crippen LogP contribution >= 0.6 is 11.3 Å². The van der Waals surface area contributed by atoms with Crippen molar-refractivity contribution >= 4 is 27.4 Å². The number of methoxy groups -OCH3 is 1. The van der Waals surface area contributed by atoms with E-state index in [1.54, 1.807) is 24.8 Å². The van der Waals surface area contributed by atoms with Gasteiger partial charge in [-0.1, -0.05) is 11.8 Å². The lowest BCUT2D eigenvalue weighted by Crippen LogP contribution is -2.02. The number of nitrogens with zero attached hydrogens (tertiary/aromatic N) is 2. The molecule has 22 heavy (non-hydrogen) atoms. The van der Waals surface area contributed by atoms with Gasteiger partial charge in [0.05, 0.1) is 12.5 Å². The van der Waals surface area contributed by atoms with Crippen LogP contribution in [0.1, 0.15) is 12.0 Å². The first-order valence-corrected chi connectivity index (χ1v) is 7.80. The highest BCUT2D eigenvalue weighted by atomic mass is 32.1. The number of rotatable bonds is 4. The summed E-state index contributed by atoms with van der Waals surface area (Å²) in [5, 5.41) is 6.40. The van der Waals surface area contributed by atoms with Crippen LogP contribution in [0.5, 0.6) is 5.75 Å². The van der Waals surface area contributed by atoms with Gasteiger partial charge in [0.15, 0.2) is 0 Å². The van der Waals surface area contributed by atoms with E-state index < -0.39 is 0 Å². The predicted molar refractivity (Wildman–Crippen MR) is 90.4 cm³/mol. The Morgan fingerprint density at radius 2 is 2.05 bits per heavy atom. The number of ether oxygens (including phenoxy) is 1. The van der Waals surface area contributed by atoms with Crippen molar-refractivity contribution < 1.29 is 4.74 Å². The molecule has 0 aliphatic heterocycles. The number of anilines is 1. The highest BCUT2D eigenvalue weighted by Gasteiger charge is 2.02. The van der Waals surface area contributed by atoms with Gasteiger partial charge in [-0.25, -0.2) is 9.97 Å². The summed E-state index contributed by atoms with van der Waals surface area (Å²) < 4.78 is 5.12. The fraction of sp³-hybridized carbons (Fsp3) is 0.176. The maximum absolute atomic E-state index is 5.12. The SMILES string of the molecule is COc1ccc(C#CCCNc2ncnc3sccc23)cc1. The first-order chi connectivity index (χ1) is 10.9. The zero-order valence-electron chi connectivity index (χ0n) is 12.2. The van der Waals surface area contributed by atoms with Crippen molar-refractivity contribution in [3.8, 4) is 17.6 Å². The van der Waals surface area contributed by atoms with Gasteiger partial charge in [-0.3, -0.25) is 0 Å². The van der Waals surface area contributed by atoms with Gasteiger partial charge in [-0.2, -0.15) is 0 Å². The van der Waals surface area contributed by atoms with Crippen molar-refractivity contribution in [3.63, 3.8) is 0 Å². The Morgan fingerprint density at radius 3 is 2.86 bits per heavy atom. The van der Waals surface area contributed by atoms with Crippen molar-refractivity contribution in [1.82, 2.24) is 9.97 Å². The lowest BCUT2D eigenvalue weighted by atomic mass is 10.2. The standard InChI is InChI=1S/C17H15N3OS/c1-21-14-7-5-13(6-8-14)4-2-3-10-18-16-15-9-11-22-17(15)20-12-19-16/h5-9,11-12H,3,10H2,1H3,(H,18,19,20). The number of hydrogen-bond donors (Lipinski definition) is 1. The van der Waals surface area contributed by atoms with Crippen LogP contribution in [0.15, 0.2) is 42.0 Å². The van der Waals surface area contributed by atoms with Crippen LogP contribution < -0.4 is 10.1 Å². The monoisotopic (exact) mass is 309 g/mol. The van der Waals surface area contributed by atoms with E-state index in [4.69, 9.17) is 4.74 Å². The summed E-state index contributed by atoms with van der Waals surface area (Å²) in [7, 11) is 1.66. The largest absolute Gasteiger partial charge is 0.497 e. The Balaban J connectivity index is 1.55. The third kappa shape index (κ3) is 3.35. The number of benzene rings is 1. The van der Waals surface area contributed by atoms with Gasteiger partial charge in [-0.05, 0) is 35.7 Å². The average molecular weight is 309 g/mol. The molecule has 0 amide bonds. The van der Waals surface area contributed by atoms with Crippen LogP contribution in [0.4, 0.5) is 5.82 Å². The Labute approximate surface area is 133 Å². The fourth-order valence-corrected chi connectivity index (χ4v) is 2.75. The molecule has 0 unspecified atom stereocenters. The first kappa shape index (κ1) is 14.4. The molecule has 2 heterocycles. The molecule has 0 aliphatic rings. The van der Waals surface area contributed by atoms with Crippen molar-refractivity contribution in [1.29, 1.82) is 0 Å². The van der Waals surface area contributed by atoms with Crippen molar-refractivity contribution in [3.05, 3.63) is 47.6 Å². The molecule has 0 atom stereocenters. The highest BCUT2D eigenvalue weighted by Crippen LogP contribution is 2.23. The smallest absolute Gasteiger partial charge is 0.138 e.